The fourth-order valence-corrected chi connectivity index (χ4v) is 1.71. The van der Waals surface area contributed by atoms with Crippen LogP contribution in [0.3, 0.4) is 0 Å². The molecule has 0 aliphatic carbocycles. The molecule has 1 radical (unpaired) electrons. The second kappa shape index (κ2) is 26.0. The van der Waals surface area contributed by atoms with Crippen molar-refractivity contribution in [2.75, 3.05) is 0 Å². The first kappa shape index (κ1) is 29.5. The molecule has 26 heavy (non-hydrogen) atoms. The summed E-state index contributed by atoms with van der Waals surface area (Å²) in [7, 11) is 0. The summed E-state index contributed by atoms with van der Waals surface area (Å²) in [4.78, 5) is 0. The third kappa shape index (κ3) is 17.6. The van der Waals surface area contributed by atoms with Crippen LogP contribution in [0.4, 0.5) is 0 Å². The van der Waals surface area contributed by atoms with E-state index >= 15 is 0 Å². The van der Waals surface area contributed by atoms with Gasteiger partial charge in [-0.25, -0.2) is 0 Å². The van der Waals surface area contributed by atoms with Gasteiger partial charge in [-0.3, -0.25) is 0 Å². The first-order valence-corrected chi connectivity index (χ1v) is 9.35. The summed E-state index contributed by atoms with van der Waals surface area (Å²) in [6.07, 6.45) is 1.01. The van der Waals surface area contributed by atoms with E-state index in [9.17, 15) is 0 Å². The van der Waals surface area contributed by atoms with E-state index in [1.807, 2.05) is 90.1 Å². The van der Waals surface area contributed by atoms with Gasteiger partial charge in [-0.15, -0.1) is 0 Å². The van der Waals surface area contributed by atoms with E-state index < -0.39 is 0 Å². The van der Waals surface area contributed by atoms with Gasteiger partial charge in [0, 0.05) is 32.7 Å². The fourth-order valence-electron chi connectivity index (χ4n) is 1.71. The van der Waals surface area contributed by atoms with Crippen LogP contribution in [-0.2, 0) is 39.1 Å². The molecule has 0 amide bonds. The maximum Gasteiger partial charge on any atom is 0 e. The molecule has 0 heterocycles. The van der Waals surface area contributed by atoms with Crippen molar-refractivity contribution in [1.82, 2.24) is 0 Å². The van der Waals surface area contributed by atoms with E-state index in [1.165, 1.54) is 11.1 Å². The Balaban J connectivity index is -0.000000345. The molecule has 3 aromatic rings. The van der Waals surface area contributed by atoms with Gasteiger partial charge < -0.3 is 0 Å². The van der Waals surface area contributed by atoms with Gasteiger partial charge in [-0.2, -0.15) is 72.3 Å². The minimum absolute atomic E-state index is 0. The molecule has 0 aliphatic heterocycles. The van der Waals surface area contributed by atoms with E-state index in [0.29, 0.717) is 0 Å². The Bertz CT molecular complexity index is 483. The molecule has 0 saturated heterocycles. The Morgan fingerprint density at radius 2 is 0.885 bits per heavy atom. The van der Waals surface area contributed by atoms with Gasteiger partial charge in [-0.05, 0) is 12.0 Å². The third-order valence-corrected chi connectivity index (χ3v) is 2.65. The molecule has 0 unspecified atom stereocenters. The molecular weight excluding hydrogens is 389 g/mol. The molecule has 139 valence electrons. The van der Waals surface area contributed by atoms with Gasteiger partial charge >= 0.3 is 0 Å². The van der Waals surface area contributed by atoms with Crippen LogP contribution in [0.15, 0.2) is 84.9 Å². The van der Waals surface area contributed by atoms with Crippen LogP contribution in [0.2, 0.25) is 0 Å². The predicted molar refractivity (Wildman–Crippen MR) is 114 cm³/mol. The quantitative estimate of drug-likeness (QED) is 0.372. The average molecular weight is 423 g/mol. The topological polar surface area (TPSA) is 0 Å². The fraction of sp³-hybridized carbons (Fsp3) is 0.280. The van der Waals surface area contributed by atoms with Gasteiger partial charge in [0.1, 0.15) is 0 Å². The average Bonchev–Trinajstić information content (AvgIpc) is 2.76. The molecule has 3 rings (SSSR count). The number of hydrogen-bond donors (Lipinski definition) is 0. The van der Waals surface area contributed by atoms with Crippen LogP contribution in [0.5, 0.6) is 0 Å². The molecule has 0 N–H and O–H groups in total. The Kier molecular flexibility index (Phi) is 29.5. The summed E-state index contributed by atoms with van der Waals surface area (Å²) in [5.41, 5.74) is 2.69. The molecule has 0 nitrogen and oxygen atoms in total. The summed E-state index contributed by atoms with van der Waals surface area (Å²) in [6, 6.07) is 34.1. The molecule has 0 aromatic heterocycles. The second-order valence-electron chi connectivity index (χ2n) is 4.15. The van der Waals surface area contributed by atoms with E-state index in [2.05, 4.69) is 48.5 Å². The molecule has 0 spiro atoms. The van der Waals surface area contributed by atoms with Crippen LogP contribution >= 0.6 is 0 Å². The normalized spacial score (nSPS) is 7.46. The maximum absolute atomic E-state index is 3.02. The van der Waals surface area contributed by atoms with Crippen molar-refractivity contribution in [2.45, 2.75) is 48.0 Å². The van der Waals surface area contributed by atoms with Crippen molar-refractivity contribution in [3.05, 3.63) is 108 Å². The predicted octanol–water partition coefficient (Wildman–Crippen LogP) is 7.64. The Morgan fingerprint density at radius 1 is 0.500 bits per heavy atom. The summed E-state index contributed by atoms with van der Waals surface area (Å²) in [5, 5.41) is 0. The van der Waals surface area contributed by atoms with E-state index in [0.717, 1.165) is 6.42 Å². The van der Waals surface area contributed by atoms with Gasteiger partial charge in [0.05, 0.1) is 0 Å². The van der Waals surface area contributed by atoms with E-state index in [-0.39, 0.29) is 32.7 Å². The summed E-state index contributed by atoms with van der Waals surface area (Å²) >= 11 is 0. The number of hydrogen-bond acceptors (Lipinski definition) is 0. The van der Waals surface area contributed by atoms with E-state index in [1.54, 1.807) is 0 Å². The van der Waals surface area contributed by atoms with Crippen LogP contribution in [0.25, 0.3) is 0 Å². The van der Waals surface area contributed by atoms with Crippen molar-refractivity contribution < 1.29 is 32.7 Å². The van der Waals surface area contributed by atoms with Gasteiger partial charge in [-0.1, -0.05) is 71.9 Å². The van der Waals surface area contributed by atoms with Gasteiger partial charge in [0.2, 0.25) is 0 Å². The zero-order valence-corrected chi connectivity index (χ0v) is 20.2. The Labute approximate surface area is 188 Å². The second-order valence-corrected chi connectivity index (χ2v) is 4.15. The van der Waals surface area contributed by atoms with Crippen molar-refractivity contribution in [3.63, 3.8) is 0 Å². The first-order valence-electron chi connectivity index (χ1n) is 9.35. The molecule has 3 aromatic carbocycles. The van der Waals surface area contributed by atoms with Crippen molar-refractivity contribution >= 4 is 0 Å². The van der Waals surface area contributed by atoms with Crippen LogP contribution in [0, 0.1) is 12.1 Å². The Hall–Kier alpha value is -1.24. The molecule has 1 heteroatoms. The molecule has 0 aliphatic rings. The maximum atomic E-state index is 3.02. The number of benzene rings is 3. The number of rotatable bonds is 2. The molecule has 0 saturated carbocycles. The molecular formula is C25H34Y-2. The zero-order valence-electron chi connectivity index (χ0n) is 17.4. The van der Waals surface area contributed by atoms with Crippen LogP contribution in [0.1, 0.15) is 52.7 Å². The largest absolute Gasteiger partial charge is 0.184 e. The Morgan fingerprint density at radius 3 is 1.27 bits per heavy atom. The van der Waals surface area contributed by atoms with Gasteiger partial charge in [0.25, 0.3) is 0 Å². The van der Waals surface area contributed by atoms with Crippen molar-refractivity contribution in [3.8, 4) is 0 Å². The first-order chi connectivity index (χ1) is 12.4. The summed E-state index contributed by atoms with van der Waals surface area (Å²) < 4.78 is 0. The minimum atomic E-state index is 0. The zero-order chi connectivity index (χ0) is 19.2. The van der Waals surface area contributed by atoms with Crippen LogP contribution in [-0.4, -0.2) is 0 Å². The molecule has 0 atom stereocenters. The SMILES string of the molecule is CC.CC.CC.[Y].[c-]1ccc(Cc2ccccc2)cc1.[c-]1ccccc1. The summed E-state index contributed by atoms with van der Waals surface area (Å²) in [6.45, 7) is 12.0. The van der Waals surface area contributed by atoms with Gasteiger partial charge in [0.15, 0.2) is 0 Å². The molecule has 0 fully saturated rings. The minimum Gasteiger partial charge on any atom is -0.184 e. The standard InChI is InChI=1S/C13H11.C6H5.3C2H6.Y/c1-3-7-12(8-4-1)11-13-9-5-2-6-10-13;1-2-4-6-5-3-1;3*1-2;/h1,3-10H,11H2;1-5H;3*1-2H3;/q2*-1;;;;. The molecule has 0 bridgehead atoms. The van der Waals surface area contributed by atoms with E-state index in [4.69, 9.17) is 0 Å². The third-order valence-electron chi connectivity index (χ3n) is 2.65. The smallest absolute Gasteiger partial charge is 0 e. The monoisotopic (exact) mass is 423 g/mol. The van der Waals surface area contributed by atoms with Crippen molar-refractivity contribution in [1.29, 1.82) is 0 Å². The summed E-state index contributed by atoms with van der Waals surface area (Å²) in [5.74, 6) is 0. The van der Waals surface area contributed by atoms with Crippen LogP contribution < -0.4 is 0 Å². The van der Waals surface area contributed by atoms with Crippen molar-refractivity contribution in [2.24, 2.45) is 0 Å².